The number of primary sulfonamides is 1. The second kappa shape index (κ2) is 4.60. The van der Waals surface area contributed by atoms with Crippen molar-refractivity contribution >= 4 is 15.9 Å². The third-order valence-corrected chi connectivity index (χ3v) is 2.95. The number of rotatable bonds is 4. The predicted molar refractivity (Wildman–Crippen MR) is 59.4 cm³/mol. The number of nitrogens with two attached hydrogens (primary N) is 2. The zero-order valence-electron chi connectivity index (χ0n) is 9.26. The lowest BCUT2D eigenvalue weighted by Crippen LogP contribution is -2.17. The molecule has 0 radical (unpaired) electrons. The van der Waals surface area contributed by atoms with Gasteiger partial charge in [-0.15, -0.1) is 0 Å². The van der Waals surface area contributed by atoms with Gasteiger partial charge in [0.1, 0.15) is 4.90 Å². The smallest absolute Gasteiger partial charge is 0.248 e. The molecule has 1 rings (SSSR count). The number of hydrogen-bond acceptors (Lipinski definition) is 5. The van der Waals surface area contributed by atoms with Gasteiger partial charge in [0.25, 0.3) is 0 Å². The van der Waals surface area contributed by atoms with Crippen LogP contribution in [0.15, 0.2) is 17.0 Å². The fourth-order valence-corrected chi connectivity index (χ4v) is 2.02. The summed E-state index contributed by atoms with van der Waals surface area (Å²) in [4.78, 5) is 10.7. The minimum absolute atomic E-state index is 0.0355. The SMILES string of the molecule is COc1cc(C(N)=O)cc(S(N)(=O)=O)c1OC. The molecule has 0 aromatic heterocycles. The second-order valence-corrected chi connectivity index (χ2v) is 4.65. The van der Waals surface area contributed by atoms with Crippen LogP contribution in [0, 0.1) is 0 Å². The molecule has 0 aliphatic carbocycles. The van der Waals surface area contributed by atoms with E-state index < -0.39 is 15.9 Å². The molecule has 0 bridgehead atoms. The number of benzene rings is 1. The maximum absolute atomic E-state index is 11.3. The van der Waals surface area contributed by atoms with Crippen molar-refractivity contribution in [2.75, 3.05) is 14.2 Å². The molecule has 0 aliphatic heterocycles. The van der Waals surface area contributed by atoms with Crippen LogP contribution in [0.1, 0.15) is 10.4 Å². The maximum Gasteiger partial charge on any atom is 0.248 e. The van der Waals surface area contributed by atoms with Crippen molar-refractivity contribution in [2.24, 2.45) is 10.9 Å². The number of carbonyl (C=O) groups excluding carboxylic acids is 1. The van der Waals surface area contributed by atoms with Crippen LogP contribution in [-0.2, 0) is 10.0 Å². The quantitative estimate of drug-likeness (QED) is 0.752. The van der Waals surface area contributed by atoms with Crippen LogP contribution in [0.25, 0.3) is 0 Å². The monoisotopic (exact) mass is 260 g/mol. The van der Waals surface area contributed by atoms with Crippen molar-refractivity contribution in [1.82, 2.24) is 0 Å². The Hall–Kier alpha value is -1.80. The van der Waals surface area contributed by atoms with Gasteiger partial charge in [-0.2, -0.15) is 0 Å². The van der Waals surface area contributed by atoms with E-state index >= 15 is 0 Å². The van der Waals surface area contributed by atoms with Gasteiger partial charge in [0.15, 0.2) is 11.5 Å². The van der Waals surface area contributed by atoms with E-state index in [2.05, 4.69) is 0 Å². The molecule has 0 atom stereocenters. The maximum atomic E-state index is 11.3. The average molecular weight is 260 g/mol. The van der Waals surface area contributed by atoms with Crippen molar-refractivity contribution in [1.29, 1.82) is 0 Å². The highest BCUT2D eigenvalue weighted by molar-refractivity contribution is 7.89. The zero-order valence-corrected chi connectivity index (χ0v) is 10.1. The largest absolute Gasteiger partial charge is 0.493 e. The van der Waals surface area contributed by atoms with Gasteiger partial charge in [-0.1, -0.05) is 0 Å². The molecule has 94 valence electrons. The molecule has 1 aromatic rings. The van der Waals surface area contributed by atoms with E-state index in [-0.39, 0.29) is 22.0 Å². The first-order valence-electron chi connectivity index (χ1n) is 4.40. The summed E-state index contributed by atoms with van der Waals surface area (Å²) in [6.07, 6.45) is 0. The standard InChI is InChI=1S/C9H12N2O5S/c1-15-6-3-5(9(10)12)4-7(8(6)16-2)17(11,13)14/h3-4H,1-2H3,(H2,10,12)(H2,11,13,14). The first-order valence-corrected chi connectivity index (χ1v) is 5.94. The minimum atomic E-state index is -4.05. The van der Waals surface area contributed by atoms with E-state index in [1.807, 2.05) is 0 Å². The van der Waals surface area contributed by atoms with Gasteiger partial charge in [-0.05, 0) is 12.1 Å². The summed E-state index contributed by atoms with van der Waals surface area (Å²) in [5.41, 5.74) is 5.03. The van der Waals surface area contributed by atoms with Crippen LogP contribution in [0.4, 0.5) is 0 Å². The van der Waals surface area contributed by atoms with Crippen molar-refractivity contribution in [3.8, 4) is 11.5 Å². The first-order chi connectivity index (χ1) is 7.81. The fourth-order valence-electron chi connectivity index (χ4n) is 1.28. The second-order valence-electron chi connectivity index (χ2n) is 3.12. The number of sulfonamides is 1. The van der Waals surface area contributed by atoms with E-state index in [1.54, 1.807) is 0 Å². The van der Waals surface area contributed by atoms with Gasteiger partial charge in [-0.3, -0.25) is 4.79 Å². The van der Waals surface area contributed by atoms with Crippen LogP contribution < -0.4 is 20.3 Å². The average Bonchev–Trinajstić information content (AvgIpc) is 2.25. The normalized spacial score (nSPS) is 11.0. The Kier molecular flexibility index (Phi) is 3.59. The number of ether oxygens (including phenoxy) is 2. The molecule has 0 unspecified atom stereocenters. The summed E-state index contributed by atoms with van der Waals surface area (Å²) in [6, 6.07) is 2.31. The highest BCUT2D eigenvalue weighted by Crippen LogP contribution is 2.34. The van der Waals surface area contributed by atoms with Gasteiger partial charge < -0.3 is 15.2 Å². The van der Waals surface area contributed by atoms with Crippen LogP contribution in [-0.4, -0.2) is 28.5 Å². The van der Waals surface area contributed by atoms with Crippen molar-refractivity contribution in [3.63, 3.8) is 0 Å². The summed E-state index contributed by atoms with van der Waals surface area (Å²) in [5, 5.41) is 5.01. The predicted octanol–water partition coefficient (Wildman–Crippen LogP) is -0.550. The summed E-state index contributed by atoms with van der Waals surface area (Å²) >= 11 is 0. The molecule has 0 saturated heterocycles. The lowest BCUT2D eigenvalue weighted by Gasteiger charge is -2.12. The number of methoxy groups -OCH3 is 2. The zero-order chi connectivity index (χ0) is 13.2. The van der Waals surface area contributed by atoms with Crippen LogP contribution in [0.5, 0.6) is 11.5 Å². The first kappa shape index (κ1) is 13.3. The van der Waals surface area contributed by atoms with E-state index in [9.17, 15) is 13.2 Å². The third-order valence-electron chi connectivity index (χ3n) is 2.04. The molecule has 0 aliphatic rings. The molecule has 7 nitrogen and oxygen atoms in total. The molecule has 0 saturated carbocycles. The molecule has 17 heavy (non-hydrogen) atoms. The molecule has 8 heteroatoms. The van der Waals surface area contributed by atoms with Crippen LogP contribution in [0.3, 0.4) is 0 Å². The number of amides is 1. The van der Waals surface area contributed by atoms with Gasteiger partial charge in [0.2, 0.25) is 15.9 Å². The summed E-state index contributed by atoms with van der Waals surface area (Å²) in [6.45, 7) is 0. The van der Waals surface area contributed by atoms with Crippen molar-refractivity contribution < 1.29 is 22.7 Å². The van der Waals surface area contributed by atoms with Gasteiger partial charge >= 0.3 is 0 Å². The minimum Gasteiger partial charge on any atom is -0.493 e. The fraction of sp³-hybridized carbons (Fsp3) is 0.222. The van der Waals surface area contributed by atoms with Crippen molar-refractivity contribution in [2.45, 2.75) is 4.90 Å². The van der Waals surface area contributed by atoms with E-state index in [0.717, 1.165) is 6.07 Å². The molecule has 0 spiro atoms. The topological polar surface area (TPSA) is 122 Å². The number of hydrogen-bond donors (Lipinski definition) is 2. The number of carbonyl (C=O) groups is 1. The molecular weight excluding hydrogens is 248 g/mol. The Morgan fingerprint density at radius 1 is 1.24 bits per heavy atom. The summed E-state index contributed by atoms with van der Waals surface area (Å²) in [7, 11) is -1.49. The molecule has 1 amide bonds. The van der Waals surface area contributed by atoms with Crippen LogP contribution in [0.2, 0.25) is 0 Å². The Morgan fingerprint density at radius 2 is 1.82 bits per heavy atom. The molecule has 4 N–H and O–H groups in total. The van der Waals surface area contributed by atoms with Gasteiger partial charge in [0.05, 0.1) is 14.2 Å². The third kappa shape index (κ3) is 2.66. The van der Waals surface area contributed by atoms with Crippen molar-refractivity contribution in [3.05, 3.63) is 17.7 Å². The summed E-state index contributed by atoms with van der Waals surface area (Å²) in [5.74, 6) is -0.802. The highest BCUT2D eigenvalue weighted by atomic mass is 32.2. The van der Waals surface area contributed by atoms with Gasteiger partial charge in [0, 0.05) is 5.56 Å². The lowest BCUT2D eigenvalue weighted by atomic mass is 10.2. The Bertz CT molecular complexity index is 553. The van der Waals surface area contributed by atoms with E-state index in [4.69, 9.17) is 20.3 Å². The Morgan fingerprint density at radius 3 is 2.18 bits per heavy atom. The molecular formula is C9H12N2O5S. The molecule has 1 aromatic carbocycles. The summed E-state index contributed by atoms with van der Waals surface area (Å²) < 4.78 is 32.5. The lowest BCUT2D eigenvalue weighted by molar-refractivity contribution is 0.0999. The van der Waals surface area contributed by atoms with E-state index in [1.165, 1.54) is 20.3 Å². The van der Waals surface area contributed by atoms with Gasteiger partial charge in [-0.25, -0.2) is 13.6 Å². The Labute approximate surface area is 98.4 Å². The molecule has 0 heterocycles. The van der Waals surface area contributed by atoms with E-state index in [0.29, 0.717) is 0 Å². The molecule has 0 fully saturated rings. The Balaban J connectivity index is 3.66. The van der Waals surface area contributed by atoms with Crippen LogP contribution >= 0.6 is 0 Å². The highest BCUT2D eigenvalue weighted by Gasteiger charge is 2.22. The number of primary amides is 1.